The molecule has 0 aliphatic heterocycles. The normalized spacial score (nSPS) is 13.7. The lowest BCUT2D eigenvalue weighted by atomic mass is 9.76. The van der Waals surface area contributed by atoms with Gasteiger partial charge in [0.1, 0.15) is 11.1 Å². The minimum Gasteiger partial charge on any atom is -0.444 e. The Labute approximate surface area is 239 Å². The van der Waals surface area contributed by atoms with Gasteiger partial charge in [-0.3, -0.25) is 9.59 Å². The van der Waals surface area contributed by atoms with Crippen LogP contribution in [0.4, 0.5) is 4.79 Å². The number of benzene rings is 2. The van der Waals surface area contributed by atoms with Crippen LogP contribution in [0.1, 0.15) is 58.9 Å². The van der Waals surface area contributed by atoms with E-state index in [2.05, 4.69) is 33.2 Å². The van der Waals surface area contributed by atoms with Gasteiger partial charge in [-0.15, -0.1) is 0 Å². The fourth-order valence-corrected chi connectivity index (χ4v) is 4.78. The number of amides is 3. The molecule has 0 heterocycles. The lowest BCUT2D eigenvalue weighted by molar-refractivity contribution is -0.134. The van der Waals surface area contributed by atoms with Crippen molar-refractivity contribution in [3.63, 3.8) is 0 Å². The summed E-state index contributed by atoms with van der Waals surface area (Å²) in [6, 6.07) is 15.5. The fraction of sp³-hybridized carbons (Fsp3) is 0.483. The summed E-state index contributed by atoms with van der Waals surface area (Å²) < 4.78 is 6.33. The molecule has 0 fully saturated rings. The van der Waals surface area contributed by atoms with Gasteiger partial charge in [-0.1, -0.05) is 56.2 Å². The van der Waals surface area contributed by atoms with E-state index in [0.29, 0.717) is 6.42 Å². The van der Waals surface area contributed by atoms with Crippen LogP contribution in [0.5, 0.6) is 0 Å². The molecule has 2 rings (SSSR count). The number of aliphatic hydroxyl groups is 1. The minimum absolute atomic E-state index is 0.0320. The van der Waals surface area contributed by atoms with Crippen molar-refractivity contribution in [2.75, 3.05) is 13.2 Å². The molecule has 208 valence electrons. The van der Waals surface area contributed by atoms with Gasteiger partial charge >= 0.3 is 6.09 Å². The zero-order chi connectivity index (χ0) is 28.3. The average Bonchev–Trinajstić information content (AvgIpc) is 2.84. The largest absolute Gasteiger partial charge is 0.444 e. The van der Waals surface area contributed by atoms with Crippen molar-refractivity contribution < 1.29 is 24.2 Å². The first-order valence-corrected chi connectivity index (χ1v) is 14.0. The number of alkyl carbamates (subject to hydrolysis) is 1. The van der Waals surface area contributed by atoms with Gasteiger partial charge in [0.2, 0.25) is 11.8 Å². The minimum atomic E-state index is -1.66. The smallest absolute Gasteiger partial charge is 0.407 e. The quantitative estimate of drug-likeness (QED) is 0.189. The van der Waals surface area contributed by atoms with Crippen molar-refractivity contribution in [2.45, 2.75) is 70.9 Å². The molecule has 1 unspecified atom stereocenters. The molecule has 0 aromatic heterocycles. The number of hydrogen-bond donors (Lipinski definition) is 4. The topological polar surface area (TPSA) is 131 Å². The third-order valence-corrected chi connectivity index (χ3v) is 6.92. The number of carbonyl (C=O) groups excluding carboxylic acids is 3. The Bertz CT molecular complexity index is 1090. The first-order chi connectivity index (χ1) is 17.9. The molecule has 2 aromatic rings. The molecule has 0 radical (unpaired) electrons. The standard InChI is InChI=1S/C29H40IN3O5/c1-5-6-8-13-25(35)33-29(26(31)36,22(19-34)18-32-27(37)38-28(2,3)4)17-21-14-15-23(30)16-24(21)20-11-9-7-10-12-20/h7,9-12,14-16,22,34H,5-6,8,13,17-19H2,1-4H3,(H2,31,36)(H,32,37)(H,33,35)/t22?,29-/m1/s1. The predicted molar refractivity (Wildman–Crippen MR) is 157 cm³/mol. The van der Waals surface area contributed by atoms with Crippen LogP contribution >= 0.6 is 22.6 Å². The highest BCUT2D eigenvalue weighted by Crippen LogP contribution is 2.31. The Morgan fingerprint density at radius 2 is 1.76 bits per heavy atom. The van der Waals surface area contributed by atoms with E-state index in [4.69, 9.17) is 10.5 Å². The van der Waals surface area contributed by atoms with E-state index >= 15 is 0 Å². The molecule has 38 heavy (non-hydrogen) atoms. The van der Waals surface area contributed by atoms with Crippen molar-refractivity contribution in [2.24, 2.45) is 11.7 Å². The number of primary amides is 1. The summed E-state index contributed by atoms with van der Waals surface area (Å²) in [5, 5.41) is 16.0. The van der Waals surface area contributed by atoms with Crippen LogP contribution < -0.4 is 16.4 Å². The summed E-state index contributed by atoms with van der Waals surface area (Å²) in [6.07, 6.45) is 2.04. The molecular formula is C29H40IN3O5. The zero-order valence-electron chi connectivity index (χ0n) is 22.7. The number of aliphatic hydroxyl groups excluding tert-OH is 1. The summed E-state index contributed by atoms with van der Waals surface area (Å²) in [5.41, 5.74) is 6.24. The van der Waals surface area contributed by atoms with E-state index < -0.39 is 35.7 Å². The molecular weight excluding hydrogens is 597 g/mol. The van der Waals surface area contributed by atoms with Gasteiger partial charge in [-0.2, -0.15) is 0 Å². The van der Waals surface area contributed by atoms with E-state index in [9.17, 15) is 19.5 Å². The molecule has 0 aliphatic carbocycles. The Kier molecular flexibility index (Phi) is 12.0. The summed E-state index contributed by atoms with van der Waals surface area (Å²) in [6.45, 7) is 6.62. The number of carbonyl (C=O) groups is 3. The van der Waals surface area contributed by atoms with Crippen LogP contribution in [0.2, 0.25) is 0 Å². The maximum Gasteiger partial charge on any atom is 0.407 e. The molecule has 0 aliphatic rings. The van der Waals surface area contributed by atoms with Crippen LogP contribution in [0.25, 0.3) is 11.1 Å². The van der Waals surface area contributed by atoms with Gasteiger partial charge in [0.15, 0.2) is 0 Å². The van der Waals surface area contributed by atoms with Gasteiger partial charge < -0.3 is 26.2 Å². The third-order valence-electron chi connectivity index (χ3n) is 6.24. The highest BCUT2D eigenvalue weighted by molar-refractivity contribution is 14.1. The fourth-order valence-electron chi connectivity index (χ4n) is 4.29. The number of halogens is 1. The second-order valence-corrected chi connectivity index (χ2v) is 11.7. The molecule has 2 aromatic carbocycles. The SMILES string of the molecule is CCCCCC(=O)N[C@@](Cc1ccc(I)cc1-c1ccccc1)(C(N)=O)C(CO)CNC(=O)OC(C)(C)C. The van der Waals surface area contributed by atoms with Gasteiger partial charge in [-0.25, -0.2) is 4.79 Å². The number of rotatable bonds is 13. The highest BCUT2D eigenvalue weighted by Gasteiger charge is 2.46. The van der Waals surface area contributed by atoms with Gasteiger partial charge in [0, 0.05) is 28.9 Å². The van der Waals surface area contributed by atoms with E-state index in [1.807, 2.05) is 55.5 Å². The number of nitrogens with two attached hydrogens (primary N) is 1. The van der Waals surface area contributed by atoms with Crippen LogP contribution in [-0.4, -0.2) is 47.3 Å². The number of nitrogens with one attached hydrogen (secondary N) is 2. The van der Waals surface area contributed by atoms with E-state index in [0.717, 1.165) is 33.1 Å². The Morgan fingerprint density at radius 3 is 2.34 bits per heavy atom. The second kappa shape index (κ2) is 14.5. The maximum atomic E-state index is 13.2. The molecule has 2 atom stereocenters. The first kappa shape index (κ1) is 31.6. The Morgan fingerprint density at radius 1 is 1.08 bits per heavy atom. The molecule has 9 heteroatoms. The number of unbranched alkanes of at least 4 members (excludes halogenated alkanes) is 2. The van der Waals surface area contributed by atoms with Crippen LogP contribution in [-0.2, 0) is 20.7 Å². The summed E-state index contributed by atoms with van der Waals surface area (Å²) in [4.78, 5) is 38.7. The van der Waals surface area contributed by atoms with Crippen LogP contribution in [0, 0.1) is 9.49 Å². The molecule has 0 saturated heterocycles. The summed E-state index contributed by atoms with van der Waals surface area (Å²) in [5.74, 6) is -2.03. The van der Waals surface area contributed by atoms with Crippen LogP contribution in [0.15, 0.2) is 48.5 Å². The molecule has 5 N–H and O–H groups in total. The van der Waals surface area contributed by atoms with Crippen molar-refractivity contribution in [3.8, 4) is 11.1 Å². The van der Waals surface area contributed by atoms with E-state index in [-0.39, 0.29) is 25.3 Å². The zero-order valence-corrected chi connectivity index (χ0v) is 24.8. The summed E-state index contributed by atoms with van der Waals surface area (Å²) in [7, 11) is 0. The van der Waals surface area contributed by atoms with Gasteiger partial charge in [0.25, 0.3) is 0 Å². The molecule has 0 bridgehead atoms. The van der Waals surface area contributed by atoms with Crippen LogP contribution in [0.3, 0.4) is 0 Å². The van der Waals surface area contributed by atoms with E-state index in [1.54, 1.807) is 20.8 Å². The van der Waals surface area contributed by atoms with Gasteiger partial charge in [0.05, 0.1) is 6.61 Å². The summed E-state index contributed by atoms with van der Waals surface area (Å²) >= 11 is 2.23. The molecule has 0 spiro atoms. The second-order valence-electron chi connectivity index (χ2n) is 10.4. The lowest BCUT2D eigenvalue weighted by Gasteiger charge is -2.39. The highest BCUT2D eigenvalue weighted by atomic mass is 127. The molecule has 0 saturated carbocycles. The van der Waals surface area contributed by atoms with E-state index in [1.165, 1.54) is 0 Å². The first-order valence-electron chi connectivity index (χ1n) is 12.9. The number of ether oxygens (including phenoxy) is 1. The monoisotopic (exact) mass is 637 g/mol. The Balaban J connectivity index is 2.52. The number of hydrogen-bond acceptors (Lipinski definition) is 5. The van der Waals surface area contributed by atoms with Crippen molar-refractivity contribution in [1.82, 2.24) is 10.6 Å². The molecule has 8 nitrogen and oxygen atoms in total. The molecule has 3 amide bonds. The third kappa shape index (κ3) is 9.27. The van der Waals surface area contributed by atoms with Crippen molar-refractivity contribution in [3.05, 3.63) is 57.7 Å². The Hall–Kier alpha value is -2.66. The van der Waals surface area contributed by atoms with Crippen molar-refractivity contribution in [1.29, 1.82) is 0 Å². The maximum absolute atomic E-state index is 13.2. The predicted octanol–water partition coefficient (Wildman–Crippen LogP) is 4.55. The van der Waals surface area contributed by atoms with Gasteiger partial charge in [-0.05, 0) is 78.6 Å². The average molecular weight is 638 g/mol. The lowest BCUT2D eigenvalue weighted by Crippen LogP contribution is -2.66. The van der Waals surface area contributed by atoms with Crippen molar-refractivity contribution >= 4 is 40.5 Å².